The summed E-state index contributed by atoms with van der Waals surface area (Å²) in [5, 5.41) is 6.82. The van der Waals surface area contributed by atoms with Gasteiger partial charge in [-0.3, -0.25) is 39.2 Å². The lowest BCUT2D eigenvalue weighted by Crippen LogP contribution is -2.54. The predicted molar refractivity (Wildman–Crippen MR) is 236 cm³/mol. The molecule has 0 aliphatic carbocycles. The number of aromatic nitrogens is 2. The number of amides is 5. The largest absolute Gasteiger partial charge is 0.384 e. The predicted octanol–water partition coefficient (Wildman–Crippen LogP) is 4.62. The van der Waals surface area contributed by atoms with Gasteiger partial charge in [0.2, 0.25) is 17.7 Å². The number of anilines is 1. The van der Waals surface area contributed by atoms with Gasteiger partial charge < -0.3 is 25.8 Å². The Morgan fingerprint density at radius 2 is 1.62 bits per heavy atom. The van der Waals surface area contributed by atoms with E-state index in [9.17, 15) is 24.0 Å². The number of alkyl halides is 1. The molecule has 7 heterocycles. The molecular weight excluding hydrogens is 823 g/mol. The molecular formula is C47H50F2N10O5. The molecule has 15 nitrogen and oxygen atoms in total. The van der Waals surface area contributed by atoms with Crippen molar-refractivity contribution in [3.63, 3.8) is 0 Å². The smallest absolute Gasteiger partial charge is 0.262 e. The molecule has 64 heavy (non-hydrogen) atoms. The summed E-state index contributed by atoms with van der Waals surface area (Å²) >= 11 is 0. The van der Waals surface area contributed by atoms with Crippen LogP contribution in [-0.2, 0) is 14.4 Å². The molecule has 4 saturated heterocycles. The van der Waals surface area contributed by atoms with E-state index < -0.39 is 35.3 Å². The van der Waals surface area contributed by atoms with Crippen molar-refractivity contribution in [1.82, 2.24) is 35.3 Å². The Kier molecular flexibility index (Phi) is 11.4. The summed E-state index contributed by atoms with van der Waals surface area (Å²) in [5.41, 5.74) is 9.80. The van der Waals surface area contributed by atoms with Crippen LogP contribution in [0, 0.1) is 19.7 Å². The van der Waals surface area contributed by atoms with Gasteiger partial charge >= 0.3 is 0 Å². The Hall–Kier alpha value is -6.62. The van der Waals surface area contributed by atoms with E-state index in [1.807, 2.05) is 29.7 Å². The van der Waals surface area contributed by atoms with Crippen molar-refractivity contribution < 1.29 is 32.8 Å². The number of hydrogen-bond donors (Lipinski definition) is 3. The number of nitrogens with zero attached hydrogens (tertiary/aromatic N) is 7. The molecule has 0 bridgehead atoms. The molecule has 4 aromatic rings. The van der Waals surface area contributed by atoms with Crippen LogP contribution in [0.2, 0.25) is 0 Å². The molecule has 1 unspecified atom stereocenters. The van der Waals surface area contributed by atoms with E-state index >= 15 is 8.78 Å². The molecule has 4 fully saturated rings. The van der Waals surface area contributed by atoms with Crippen LogP contribution in [0.15, 0.2) is 71.6 Å². The van der Waals surface area contributed by atoms with Gasteiger partial charge in [0.15, 0.2) is 5.82 Å². The van der Waals surface area contributed by atoms with Crippen LogP contribution < -0.4 is 21.3 Å². The van der Waals surface area contributed by atoms with Gasteiger partial charge in [-0.25, -0.2) is 18.8 Å². The Labute approximate surface area is 368 Å². The van der Waals surface area contributed by atoms with Crippen molar-refractivity contribution in [2.24, 2.45) is 10.7 Å². The average Bonchev–Trinajstić information content (AvgIpc) is 3.37. The van der Waals surface area contributed by atoms with E-state index in [1.54, 1.807) is 48.8 Å². The average molecular weight is 873 g/mol. The van der Waals surface area contributed by atoms with Gasteiger partial charge in [-0.1, -0.05) is 0 Å². The Morgan fingerprint density at radius 1 is 0.859 bits per heavy atom. The Bertz CT molecular complexity index is 2650. The number of amidine groups is 1. The summed E-state index contributed by atoms with van der Waals surface area (Å²) in [7, 11) is 0. The van der Waals surface area contributed by atoms with Gasteiger partial charge in [0.1, 0.15) is 23.4 Å². The standard InChI is InChI=1S/C47H50F2N10O5/c1-27-17-28(2)51-24-37(27)35-18-29-20-41(53-23-30(29)19-38(35)48)54-40(50)21-31-7-14-58(43(61)25-52-31)32-8-12-56(13-9-32)26-47(49)10-15-57(16-11-47)33-3-4-34-36(22-33)46(64)59(45(34)63)39-5-6-42(60)55-44(39)62/h3-4,17-24,32,39,52H,5-16,25-26H2,1-2H3,(H2,50,53,54)(H,55,60,62)/b31-21-. The monoisotopic (exact) mass is 872 g/mol. The number of aryl methyl sites for hydroxylation is 2. The summed E-state index contributed by atoms with van der Waals surface area (Å²) in [6.07, 6.45) is 7.70. The van der Waals surface area contributed by atoms with Crippen LogP contribution in [0.3, 0.4) is 0 Å². The number of pyridine rings is 2. The number of hydrogen-bond acceptors (Lipinski definition) is 11. The van der Waals surface area contributed by atoms with Crippen LogP contribution in [0.4, 0.5) is 20.3 Å². The van der Waals surface area contributed by atoms with Gasteiger partial charge in [0.25, 0.3) is 11.8 Å². The zero-order chi connectivity index (χ0) is 44.9. The van der Waals surface area contributed by atoms with Crippen LogP contribution in [-0.4, -0.2) is 124 Å². The second kappa shape index (κ2) is 17.2. The highest BCUT2D eigenvalue weighted by Gasteiger charge is 2.45. The first-order chi connectivity index (χ1) is 30.7. The first kappa shape index (κ1) is 42.7. The summed E-state index contributed by atoms with van der Waals surface area (Å²) in [6, 6.07) is 10.9. The SMILES string of the molecule is Cc1cc(C)c(-c2cc3cc(/N=C(N)/C=C4/CCN(C5CCN(CC6(F)CCN(c7ccc8c(c7)C(=O)N(C7CCC(=O)NC7=O)C8=O)CC6)CC5)C(=O)CN4)ncc3cc2F)cn1. The zero-order valence-electron chi connectivity index (χ0n) is 35.8. The molecule has 9 rings (SSSR count). The maximum absolute atomic E-state index is 16.4. The number of carbonyl (C=O) groups is 5. The molecule has 5 amide bonds. The molecule has 1 atom stereocenters. The number of rotatable bonds is 8. The second-order valence-electron chi connectivity index (χ2n) is 17.6. The summed E-state index contributed by atoms with van der Waals surface area (Å²) in [6.45, 7) is 6.93. The minimum atomic E-state index is -1.40. The lowest BCUT2D eigenvalue weighted by atomic mass is 9.91. The molecule has 0 spiro atoms. The van der Waals surface area contributed by atoms with E-state index in [0.717, 1.165) is 40.1 Å². The third-order valence-electron chi connectivity index (χ3n) is 13.3. The fourth-order valence-electron chi connectivity index (χ4n) is 9.77. The number of likely N-dealkylation sites (tertiary alicyclic amines) is 1. The molecule has 5 aliphatic heterocycles. The van der Waals surface area contributed by atoms with E-state index in [-0.39, 0.29) is 54.1 Å². The zero-order valence-corrected chi connectivity index (χ0v) is 35.8. The lowest BCUT2D eigenvalue weighted by Gasteiger charge is -2.43. The van der Waals surface area contributed by atoms with Gasteiger partial charge in [-0.15, -0.1) is 0 Å². The third kappa shape index (κ3) is 8.55. The number of nitrogens with one attached hydrogen (secondary N) is 2. The topological polar surface area (TPSA) is 187 Å². The molecule has 0 saturated carbocycles. The fraction of sp³-hybridized carbons (Fsp3) is 0.404. The fourth-order valence-corrected chi connectivity index (χ4v) is 9.77. The lowest BCUT2D eigenvalue weighted by molar-refractivity contribution is -0.136. The van der Waals surface area contributed by atoms with Gasteiger partial charge in [0.05, 0.1) is 17.7 Å². The minimum Gasteiger partial charge on any atom is -0.384 e. The highest BCUT2D eigenvalue weighted by Crippen LogP contribution is 2.36. The van der Waals surface area contributed by atoms with Crippen molar-refractivity contribution in [2.75, 3.05) is 50.7 Å². The van der Waals surface area contributed by atoms with E-state index in [1.165, 1.54) is 6.07 Å². The molecule has 4 N–H and O–H groups in total. The van der Waals surface area contributed by atoms with Gasteiger partial charge in [-0.2, -0.15) is 0 Å². The number of benzene rings is 2. The first-order valence-corrected chi connectivity index (χ1v) is 21.8. The van der Waals surface area contributed by atoms with Crippen molar-refractivity contribution >= 4 is 57.6 Å². The van der Waals surface area contributed by atoms with Crippen LogP contribution in [0.25, 0.3) is 21.9 Å². The molecule has 2 aromatic heterocycles. The van der Waals surface area contributed by atoms with E-state index in [0.29, 0.717) is 86.5 Å². The summed E-state index contributed by atoms with van der Waals surface area (Å²) in [5.74, 6) is -2.00. The molecule has 5 aliphatic rings. The molecule has 17 heteroatoms. The number of halogens is 2. The number of carbonyl (C=O) groups excluding carboxylic acids is 5. The quantitative estimate of drug-likeness (QED) is 0.128. The summed E-state index contributed by atoms with van der Waals surface area (Å²) in [4.78, 5) is 84.2. The maximum Gasteiger partial charge on any atom is 0.262 e. The number of fused-ring (bicyclic) bond motifs is 2. The molecule has 332 valence electrons. The first-order valence-electron chi connectivity index (χ1n) is 21.8. The third-order valence-corrected chi connectivity index (χ3v) is 13.3. The number of aliphatic imine (C=N–C) groups is 1. The Balaban J connectivity index is 0.766. The highest BCUT2D eigenvalue weighted by atomic mass is 19.1. The van der Waals surface area contributed by atoms with Gasteiger partial charge in [-0.05, 0) is 92.6 Å². The Morgan fingerprint density at radius 3 is 2.38 bits per heavy atom. The second-order valence-corrected chi connectivity index (χ2v) is 17.6. The summed E-state index contributed by atoms with van der Waals surface area (Å²) < 4.78 is 31.5. The van der Waals surface area contributed by atoms with Crippen LogP contribution in [0.1, 0.15) is 76.9 Å². The number of imide groups is 2. The number of nitrogens with two attached hydrogens (primary N) is 1. The minimum absolute atomic E-state index is 0.00811. The van der Waals surface area contributed by atoms with Crippen molar-refractivity contribution in [3.05, 3.63) is 94.8 Å². The highest BCUT2D eigenvalue weighted by molar-refractivity contribution is 6.23. The van der Waals surface area contributed by atoms with E-state index in [2.05, 4.69) is 30.5 Å². The van der Waals surface area contributed by atoms with Gasteiger partial charge in [0, 0.05) is 117 Å². The number of piperidine rings is 3. The van der Waals surface area contributed by atoms with Crippen molar-refractivity contribution in [2.45, 2.75) is 76.5 Å². The van der Waals surface area contributed by atoms with Crippen molar-refractivity contribution in [1.29, 1.82) is 0 Å². The molecule has 0 radical (unpaired) electrons. The van der Waals surface area contributed by atoms with Crippen LogP contribution >= 0.6 is 0 Å². The van der Waals surface area contributed by atoms with Crippen molar-refractivity contribution in [3.8, 4) is 11.1 Å². The van der Waals surface area contributed by atoms with E-state index in [4.69, 9.17) is 5.73 Å². The molecule has 2 aromatic carbocycles. The normalized spacial score (nSPS) is 22.0. The van der Waals surface area contributed by atoms with Crippen LogP contribution in [0.5, 0.6) is 0 Å². The maximum atomic E-state index is 16.4.